The Morgan fingerprint density at radius 3 is 2.65 bits per heavy atom. The summed E-state index contributed by atoms with van der Waals surface area (Å²) < 4.78 is 38.8. The van der Waals surface area contributed by atoms with Crippen molar-refractivity contribution in [2.24, 2.45) is 0 Å². The lowest BCUT2D eigenvalue weighted by molar-refractivity contribution is -0.139. The topological polar surface area (TPSA) is 51.1 Å². The minimum atomic E-state index is -4.76. The zero-order valence-electron chi connectivity index (χ0n) is 11.9. The number of halogens is 4. The fourth-order valence-corrected chi connectivity index (χ4v) is 2.12. The van der Waals surface area contributed by atoms with Crippen LogP contribution in [0.2, 0.25) is 5.02 Å². The molecule has 0 spiro atoms. The van der Waals surface area contributed by atoms with Crippen LogP contribution in [-0.2, 0) is 17.5 Å². The van der Waals surface area contributed by atoms with Gasteiger partial charge in [0.25, 0.3) is 5.56 Å². The highest BCUT2D eigenvalue weighted by Crippen LogP contribution is 2.26. The minimum Gasteiger partial charge on any atom is -0.324 e. The molecule has 0 saturated heterocycles. The van der Waals surface area contributed by atoms with Gasteiger partial charge in [0.1, 0.15) is 12.1 Å². The zero-order valence-corrected chi connectivity index (χ0v) is 12.7. The van der Waals surface area contributed by atoms with Crippen LogP contribution in [0.1, 0.15) is 11.1 Å². The predicted molar refractivity (Wildman–Crippen MR) is 80.5 cm³/mol. The van der Waals surface area contributed by atoms with Crippen LogP contribution in [-0.4, -0.2) is 10.5 Å². The van der Waals surface area contributed by atoms with Gasteiger partial charge in [0.05, 0.1) is 0 Å². The standard InChI is InChI=1S/C15H12ClF3N2O2/c1-9-4-5-10(16)7-12(9)20-13(22)8-21-6-2-3-11(14(21)23)15(17,18)19/h2-7H,8H2,1H3,(H,20,22). The number of carbonyl (C=O) groups is 1. The molecule has 1 amide bonds. The number of hydrogen-bond donors (Lipinski definition) is 1. The van der Waals surface area contributed by atoms with Gasteiger partial charge in [-0.2, -0.15) is 13.2 Å². The van der Waals surface area contributed by atoms with E-state index in [-0.39, 0.29) is 0 Å². The first-order valence-corrected chi connectivity index (χ1v) is 6.89. The summed E-state index contributed by atoms with van der Waals surface area (Å²) >= 11 is 5.83. The van der Waals surface area contributed by atoms with Crippen molar-refractivity contribution in [1.29, 1.82) is 0 Å². The summed E-state index contributed by atoms with van der Waals surface area (Å²) in [4.78, 5) is 23.7. The number of rotatable bonds is 3. The highest BCUT2D eigenvalue weighted by molar-refractivity contribution is 6.31. The lowest BCUT2D eigenvalue weighted by atomic mass is 10.2. The molecule has 0 unspecified atom stereocenters. The predicted octanol–water partition coefficient (Wildman–Crippen LogP) is 3.47. The van der Waals surface area contributed by atoms with Crippen molar-refractivity contribution in [3.63, 3.8) is 0 Å². The zero-order chi connectivity index (χ0) is 17.2. The molecule has 0 radical (unpaired) electrons. The van der Waals surface area contributed by atoms with Crippen LogP contribution in [0.4, 0.5) is 18.9 Å². The first-order valence-electron chi connectivity index (χ1n) is 6.51. The molecule has 0 aliphatic carbocycles. The summed E-state index contributed by atoms with van der Waals surface area (Å²) in [6.45, 7) is 1.21. The lowest BCUT2D eigenvalue weighted by Crippen LogP contribution is -2.32. The summed E-state index contributed by atoms with van der Waals surface area (Å²) in [6, 6.07) is 6.60. The number of benzene rings is 1. The Balaban J connectivity index is 2.21. The van der Waals surface area contributed by atoms with Gasteiger partial charge in [-0.05, 0) is 36.8 Å². The third kappa shape index (κ3) is 4.13. The third-order valence-corrected chi connectivity index (χ3v) is 3.35. The van der Waals surface area contributed by atoms with E-state index in [1.807, 2.05) is 0 Å². The molecule has 0 fully saturated rings. The molecule has 0 atom stereocenters. The first-order chi connectivity index (χ1) is 10.7. The monoisotopic (exact) mass is 344 g/mol. The van der Waals surface area contributed by atoms with Gasteiger partial charge in [-0.3, -0.25) is 9.59 Å². The number of carbonyl (C=O) groups excluding carboxylic acids is 1. The van der Waals surface area contributed by atoms with Crippen LogP contribution >= 0.6 is 11.6 Å². The number of anilines is 1. The van der Waals surface area contributed by atoms with Crippen molar-refractivity contribution in [2.75, 3.05) is 5.32 Å². The van der Waals surface area contributed by atoms with E-state index in [0.717, 1.165) is 17.8 Å². The van der Waals surface area contributed by atoms with E-state index >= 15 is 0 Å². The van der Waals surface area contributed by atoms with Gasteiger partial charge in [-0.25, -0.2) is 0 Å². The van der Waals surface area contributed by atoms with Crippen molar-refractivity contribution in [2.45, 2.75) is 19.6 Å². The van der Waals surface area contributed by atoms with E-state index in [1.165, 1.54) is 6.07 Å². The molecule has 4 nitrogen and oxygen atoms in total. The Morgan fingerprint density at radius 2 is 2.00 bits per heavy atom. The molecule has 1 aromatic carbocycles. The van der Waals surface area contributed by atoms with Gasteiger partial charge < -0.3 is 9.88 Å². The van der Waals surface area contributed by atoms with Gasteiger partial charge in [-0.1, -0.05) is 17.7 Å². The van der Waals surface area contributed by atoms with E-state index in [4.69, 9.17) is 11.6 Å². The van der Waals surface area contributed by atoms with Crippen molar-refractivity contribution >= 4 is 23.2 Å². The second-order valence-corrected chi connectivity index (χ2v) is 5.30. The largest absolute Gasteiger partial charge is 0.421 e. The molecule has 1 N–H and O–H groups in total. The Labute approximate surface area is 134 Å². The fourth-order valence-electron chi connectivity index (χ4n) is 1.95. The molecule has 8 heteroatoms. The van der Waals surface area contributed by atoms with Crippen molar-refractivity contribution < 1.29 is 18.0 Å². The van der Waals surface area contributed by atoms with E-state index in [0.29, 0.717) is 21.3 Å². The van der Waals surface area contributed by atoms with Gasteiger partial charge in [-0.15, -0.1) is 0 Å². The van der Waals surface area contributed by atoms with Crippen LogP contribution in [0.5, 0.6) is 0 Å². The second-order valence-electron chi connectivity index (χ2n) is 4.86. The summed E-state index contributed by atoms with van der Waals surface area (Å²) in [6.07, 6.45) is -3.64. The molecule has 1 heterocycles. The van der Waals surface area contributed by atoms with Crippen LogP contribution in [0.3, 0.4) is 0 Å². The van der Waals surface area contributed by atoms with Crippen LogP contribution in [0.15, 0.2) is 41.3 Å². The highest BCUT2D eigenvalue weighted by atomic mass is 35.5. The summed E-state index contributed by atoms with van der Waals surface area (Å²) in [7, 11) is 0. The average Bonchev–Trinajstić information content (AvgIpc) is 2.44. The number of alkyl halides is 3. The minimum absolute atomic E-state index is 0.405. The summed E-state index contributed by atoms with van der Waals surface area (Å²) in [5, 5.41) is 2.93. The smallest absolute Gasteiger partial charge is 0.324 e. The van der Waals surface area contributed by atoms with Crippen molar-refractivity contribution in [1.82, 2.24) is 4.57 Å². The van der Waals surface area contributed by atoms with Gasteiger partial charge in [0.15, 0.2) is 0 Å². The van der Waals surface area contributed by atoms with E-state index in [9.17, 15) is 22.8 Å². The molecule has 2 aromatic rings. The fraction of sp³-hybridized carbons (Fsp3) is 0.200. The molecular weight excluding hydrogens is 333 g/mol. The number of aromatic nitrogens is 1. The maximum absolute atomic E-state index is 12.7. The number of pyridine rings is 1. The van der Waals surface area contributed by atoms with E-state index < -0.39 is 29.8 Å². The second kappa shape index (κ2) is 6.45. The SMILES string of the molecule is Cc1ccc(Cl)cc1NC(=O)Cn1cccc(C(F)(F)F)c1=O. The maximum atomic E-state index is 12.7. The van der Waals surface area contributed by atoms with Gasteiger partial charge >= 0.3 is 6.18 Å². The molecule has 2 rings (SSSR count). The molecule has 0 aliphatic rings. The average molecular weight is 345 g/mol. The number of aryl methyl sites for hydroxylation is 1. The van der Waals surface area contributed by atoms with E-state index in [1.54, 1.807) is 19.1 Å². The molecule has 0 bridgehead atoms. The quantitative estimate of drug-likeness (QED) is 0.927. The molecular formula is C15H12ClF3N2O2. The van der Waals surface area contributed by atoms with Gasteiger partial charge in [0.2, 0.25) is 5.91 Å². The first kappa shape index (κ1) is 17.1. The molecule has 0 aliphatic heterocycles. The number of hydrogen-bond acceptors (Lipinski definition) is 2. The molecule has 1 aromatic heterocycles. The van der Waals surface area contributed by atoms with Crippen molar-refractivity contribution in [3.05, 3.63) is 63.0 Å². The Morgan fingerprint density at radius 1 is 1.30 bits per heavy atom. The highest BCUT2D eigenvalue weighted by Gasteiger charge is 2.34. The molecule has 122 valence electrons. The van der Waals surface area contributed by atoms with Crippen LogP contribution in [0.25, 0.3) is 0 Å². The number of nitrogens with one attached hydrogen (secondary N) is 1. The van der Waals surface area contributed by atoms with Crippen LogP contribution < -0.4 is 10.9 Å². The summed E-state index contributed by atoms with van der Waals surface area (Å²) in [5.74, 6) is -0.628. The Bertz CT molecular complexity index is 800. The summed E-state index contributed by atoms with van der Waals surface area (Å²) in [5.41, 5.74) is -1.41. The van der Waals surface area contributed by atoms with Crippen LogP contribution in [0, 0.1) is 6.92 Å². The number of nitrogens with zero attached hydrogens (tertiary/aromatic N) is 1. The molecule has 0 saturated carbocycles. The lowest BCUT2D eigenvalue weighted by Gasteiger charge is -2.12. The van der Waals surface area contributed by atoms with Gasteiger partial charge in [0, 0.05) is 16.9 Å². The molecule has 23 heavy (non-hydrogen) atoms. The normalized spacial score (nSPS) is 11.3. The Hall–Kier alpha value is -2.28. The van der Waals surface area contributed by atoms with E-state index in [2.05, 4.69) is 5.32 Å². The van der Waals surface area contributed by atoms with Crippen molar-refractivity contribution in [3.8, 4) is 0 Å². The maximum Gasteiger partial charge on any atom is 0.421 e. The third-order valence-electron chi connectivity index (χ3n) is 3.11. The number of amides is 1. The Kier molecular flexibility index (Phi) is 4.79.